The van der Waals surface area contributed by atoms with Crippen molar-refractivity contribution in [2.75, 3.05) is 7.11 Å². The van der Waals surface area contributed by atoms with Gasteiger partial charge in [0.05, 0.1) is 7.11 Å². The summed E-state index contributed by atoms with van der Waals surface area (Å²) in [7, 11) is 3.51. The van der Waals surface area contributed by atoms with Crippen LogP contribution in [0.2, 0.25) is 0 Å². The SMILES string of the molecule is COc1ccc(OC(C)c2nnc(SCc3ccccc3F)n2C)cc1. The van der Waals surface area contributed by atoms with Crippen LogP contribution in [0.3, 0.4) is 0 Å². The summed E-state index contributed by atoms with van der Waals surface area (Å²) in [5.74, 6) is 2.49. The molecule has 0 radical (unpaired) electrons. The van der Waals surface area contributed by atoms with Crippen LogP contribution in [0.5, 0.6) is 11.5 Å². The van der Waals surface area contributed by atoms with Crippen LogP contribution < -0.4 is 9.47 Å². The molecule has 0 aliphatic heterocycles. The van der Waals surface area contributed by atoms with E-state index in [2.05, 4.69) is 10.2 Å². The molecule has 7 heteroatoms. The Kier molecular flexibility index (Phi) is 5.78. The lowest BCUT2D eigenvalue weighted by molar-refractivity contribution is 0.211. The Morgan fingerprint density at radius 1 is 1.08 bits per heavy atom. The number of thioether (sulfide) groups is 1. The Morgan fingerprint density at radius 2 is 1.77 bits per heavy atom. The van der Waals surface area contributed by atoms with Gasteiger partial charge in [-0.15, -0.1) is 10.2 Å². The van der Waals surface area contributed by atoms with E-state index >= 15 is 0 Å². The largest absolute Gasteiger partial charge is 0.497 e. The van der Waals surface area contributed by atoms with Gasteiger partial charge in [0.1, 0.15) is 17.3 Å². The first-order valence-corrected chi connectivity index (χ1v) is 9.13. The van der Waals surface area contributed by atoms with Crippen molar-refractivity contribution in [1.29, 1.82) is 0 Å². The minimum absolute atomic E-state index is 0.210. The molecule has 0 spiro atoms. The molecule has 0 saturated carbocycles. The zero-order chi connectivity index (χ0) is 18.5. The maximum atomic E-state index is 13.7. The highest BCUT2D eigenvalue weighted by Crippen LogP contribution is 2.27. The van der Waals surface area contributed by atoms with E-state index in [1.807, 2.05) is 48.9 Å². The van der Waals surface area contributed by atoms with E-state index in [9.17, 15) is 4.39 Å². The first-order valence-electron chi connectivity index (χ1n) is 8.14. The maximum Gasteiger partial charge on any atom is 0.191 e. The average Bonchev–Trinajstić information content (AvgIpc) is 3.02. The number of nitrogens with zero attached hydrogens (tertiary/aromatic N) is 3. The molecule has 0 aliphatic rings. The van der Waals surface area contributed by atoms with Crippen LogP contribution in [-0.4, -0.2) is 21.9 Å². The van der Waals surface area contributed by atoms with Crippen LogP contribution in [0.1, 0.15) is 24.4 Å². The van der Waals surface area contributed by atoms with Gasteiger partial charge < -0.3 is 14.0 Å². The van der Waals surface area contributed by atoms with E-state index in [4.69, 9.17) is 9.47 Å². The van der Waals surface area contributed by atoms with E-state index in [0.717, 1.165) is 11.5 Å². The second-order valence-electron chi connectivity index (χ2n) is 5.72. The average molecular weight is 373 g/mol. The fourth-order valence-corrected chi connectivity index (χ4v) is 3.38. The van der Waals surface area contributed by atoms with Crippen LogP contribution >= 0.6 is 11.8 Å². The van der Waals surface area contributed by atoms with E-state index < -0.39 is 0 Å². The molecule has 1 atom stereocenters. The second kappa shape index (κ2) is 8.23. The number of aromatic nitrogens is 3. The molecule has 1 aromatic heterocycles. The Morgan fingerprint density at radius 3 is 2.46 bits per heavy atom. The summed E-state index contributed by atoms with van der Waals surface area (Å²) in [4.78, 5) is 0. The van der Waals surface area contributed by atoms with E-state index in [-0.39, 0.29) is 11.9 Å². The van der Waals surface area contributed by atoms with Crippen molar-refractivity contribution in [2.24, 2.45) is 7.05 Å². The summed E-state index contributed by atoms with van der Waals surface area (Å²) < 4.78 is 26.7. The van der Waals surface area contributed by atoms with Gasteiger partial charge in [0.2, 0.25) is 0 Å². The van der Waals surface area contributed by atoms with Crippen LogP contribution in [0.25, 0.3) is 0 Å². The van der Waals surface area contributed by atoms with Crippen molar-refractivity contribution in [3.63, 3.8) is 0 Å². The highest BCUT2D eigenvalue weighted by molar-refractivity contribution is 7.98. The minimum Gasteiger partial charge on any atom is -0.497 e. The van der Waals surface area contributed by atoms with E-state index in [1.54, 1.807) is 19.2 Å². The van der Waals surface area contributed by atoms with Crippen molar-refractivity contribution in [3.05, 3.63) is 65.7 Å². The molecule has 0 fully saturated rings. The van der Waals surface area contributed by atoms with Gasteiger partial charge in [0, 0.05) is 12.8 Å². The molecule has 2 aromatic carbocycles. The third-order valence-electron chi connectivity index (χ3n) is 3.92. The van der Waals surface area contributed by atoms with Crippen LogP contribution in [0.15, 0.2) is 53.7 Å². The van der Waals surface area contributed by atoms with Gasteiger partial charge in [-0.05, 0) is 42.8 Å². The topological polar surface area (TPSA) is 49.2 Å². The quantitative estimate of drug-likeness (QED) is 0.575. The summed E-state index contributed by atoms with van der Waals surface area (Å²) in [6, 6.07) is 14.1. The number of benzene rings is 2. The van der Waals surface area contributed by atoms with Crippen LogP contribution in [0, 0.1) is 5.82 Å². The zero-order valence-corrected chi connectivity index (χ0v) is 15.7. The molecular formula is C19H20FN3O2S. The molecule has 26 heavy (non-hydrogen) atoms. The van der Waals surface area contributed by atoms with Gasteiger partial charge in [0.15, 0.2) is 17.1 Å². The molecular weight excluding hydrogens is 353 g/mol. The monoisotopic (exact) mass is 373 g/mol. The van der Waals surface area contributed by atoms with Gasteiger partial charge in [-0.3, -0.25) is 0 Å². The van der Waals surface area contributed by atoms with E-state index in [1.165, 1.54) is 17.8 Å². The predicted octanol–water partition coefficient (Wildman–Crippen LogP) is 4.40. The van der Waals surface area contributed by atoms with Crippen LogP contribution in [0.4, 0.5) is 4.39 Å². The highest BCUT2D eigenvalue weighted by atomic mass is 32.2. The molecule has 0 N–H and O–H groups in total. The van der Waals surface area contributed by atoms with Gasteiger partial charge in [-0.1, -0.05) is 30.0 Å². The Labute approximate surface area is 156 Å². The van der Waals surface area contributed by atoms with Gasteiger partial charge in [0.25, 0.3) is 0 Å². The number of ether oxygens (including phenoxy) is 2. The number of hydrogen-bond acceptors (Lipinski definition) is 5. The Balaban J connectivity index is 1.66. The Hall–Kier alpha value is -2.54. The molecule has 3 aromatic rings. The normalized spacial score (nSPS) is 12.0. The molecule has 3 rings (SSSR count). The smallest absolute Gasteiger partial charge is 0.191 e. The summed E-state index contributed by atoms with van der Waals surface area (Å²) in [6.07, 6.45) is -0.274. The zero-order valence-electron chi connectivity index (χ0n) is 14.8. The fourth-order valence-electron chi connectivity index (χ4n) is 2.47. The van der Waals surface area contributed by atoms with Crippen LogP contribution in [-0.2, 0) is 12.8 Å². The number of halogens is 1. The maximum absolute atomic E-state index is 13.7. The molecule has 5 nitrogen and oxygen atoms in total. The van der Waals surface area contributed by atoms with Gasteiger partial charge in [-0.2, -0.15) is 0 Å². The molecule has 0 bridgehead atoms. The first-order chi connectivity index (χ1) is 12.6. The first kappa shape index (κ1) is 18.3. The lowest BCUT2D eigenvalue weighted by Gasteiger charge is -2.14. The second-order valence-corrected chi connectivity index (χ2v) is 6.66. The van der Waals surface area contributed by atoms with Crippen molar-refractivity contribution in [2.45, 2.75) is 23.9 Å². The third-order valence-corrected chi connectivity index (χ3v) is 4.99. The lowest BCUT2D eigenvalue weighted by atomic mass is 10.2. The number of hydrogen-bond donors (Lipinski definition) is 0. The molecule has 136 valence electrons. The van der Waals surface area contributed by atoms with Gasteiger partial charge in [-0.25, -0.2) is 4.39 Å². The summed E-state index contributed by atoms with van der Waals surface area (Å²) in [6.45, 7) is 1.92. The molecule has 0 amide bonds. The third kappa shape index (κ3) is 4.16. The predicted molar refractivity (Wildman–Crippen MR) is 99.0 cm³/mol. The molecule has 0 saturated heterocycles. The van der Waals surface area contributed by atoms with Crippen molar-refractivity contribution >= 4 is 11.8 Å². The standard InChI is InChI=1S/C19H20FN3O2S/c1-13(25-16-10-8-15(24-3)9-11-16)18-21-22-19(23(18)2)26-12-14-6-4-5-7-17(14)20/h4-11,13H,12H2,1-3H3. The summed E-state index contributed by atoms with van der Waals surface area (Å²) in [5.41, 5.74) is 0.643. The fraction of sp³-hybridized carbons (Fsp3) is 0.263. The number of rotatable bonds is 7. The highest BCUT2D eigenvalue weighted by Gasteiger charge is 2.17. The molecule has 1 heterocycles. The minimum atomic E-state index is -0.274. The lowest BCUT2D eigenvalue weighted by Crippen LogP contribution is -2.10. The van der Waals surface area contributed by atoms with Crippen molar-refractivity contribution in [1.82, 2.24) is 14.8 Å². The summed E-state index contributed by atoms with van der Waals surface area (Å²) in [5, 5.41) is 9.15. The Bertz CT molecular complexity index is 867. The summed E-state index contributed by atoms with van der Waals surface area (Å²) >= 11 is 1.44. The van der Waals surface area contributed by atoms with Crippen molar-refractivity contribution in [3.8, 4) is 11.5 Å². The van der Waals surface area contributed by atoms with Gasteiger partial charge >= 0.3 is 0 Å². The molecule has 1 unspecified atom stereocenters. The van der Waals surface area contributed by atoms with Crippen molar-refractivity contribution < 1.29 is 13.9 Å². The molecule has 0 aliphatic carbocycles. The van der Waals surface area contributed by atoms with E-state index in [0.29, 0.717) is 22.3 Å². The number of methoxy groups -OCH3 is 1.